The van der Waals surface area contributed by atoms with Crippen molar-refractivity contribution in [2.45, 2.75) is 6.54 Å². The first-order valence-electron chi connectivity index (χ1n) is 5.31. The summed E-state index contributed by atoms with van der Waals surface area (Å²) in [7, 11) is 0. The van der Waals surface area contributed by atoms with Gasteiger partial charge in [0.2, 0.25) is 0 Å². The largest absolute Gasteiger partial charge is 0.378 e. The highest BCUT2D eigenvalue weighted by atomic mass is 79.9. The zero-order valence-corrected chi connectivity index (χ0v) is 11.1. The molecular formula is C13H8BrF4N. The summed E-state index contributed by atoms with van der Waals surface area (Å²) in [5, 5.41) is 2.46. The first kappa shape index (κ1) is 13.9. The summed E-state index contributed by atoms with van der Waals surface area (Å²) in [5.41, 5.74) is -0.406. The minimum Gasteiger partial charge on any atom is -0.378 e. The maximum Gasteiger partial charge on any atom is 0.181 e. The monoisotopic (exact) mass is 333 g/mol. The third-order valence-electron chi connectivity index (χ3n) is 2.55. The van der Waals surface area contributed by atoms with E-state index < -0.39 is 23.3 Å². The summed E-state index contributed by atoms with van der Waals surface area (Å²) < 4.78 is 53.5. The highest BCUT2D eigenvalue weighted by molar-refractivity contribution is 9.10. The van der Waals surface area contributed by atoms with Crippen LogP contribution in [-0.2, 0) is 6.54 Å². The Balaban J connectivity index is 2.24. The molecule has 6 heteroatoms. The molecule has 19 heavy (non-hydrogen) atoms. The Bertz CT molecular complexity index is 616. The Morgan fingerprint density at radius 2 is 1.63 bits per heavy atom. The van der Waals surface area contributed by atoms with Crippen molar-refractivity contribution in [3.63, 3.8) is 0 Å². The highest BCUT2D eigenvalue weighted by Gasteiger charge is 2.13. The van der Waals surface area contributed by atoms with Crippen molar-refractivity contribution in [2.24, 2.45) is 0 Å². The first-order valence-corrected chi connectivity index (χ1v) is 6.10. The van der Waals surface area contributed by atoms with Crippen LogP contribution in [0.2, 0.25) is 0 Å². The SMILES string of the molecule is Fc1cccc(NCc2c(F)ccc(Br)c2F)c1F. The molecule has 0 aromatic heterocycles. The normalized spacial score (nSPS) is 10.6. The van der Waals surface area contributed by atoms with Gasteiger partial charge in [0.15, 0.2) is 11.6 Å². The lowest BCUT2D eigenvalue weighted by molar-refractivity contribution is 0.510. The van der Waals surface area contributed by atoms with E-state index in [1.807, 2.05) is 0 Å². The van der Waals surface area contributed by atoms with E-state index in [0.29, 0.717) is 0 Å². The summed E-state index contributed by atoms with van der Waals surface area (Å²) in [6, 6.07) is 5.87. The number of hydrogen-bond acceptors (Lipinski definition) is 1. The highest BCUT2D eigenvalue weighted by Crippen LogP contribution is 2.23. The number of halogens is 5. The Labute approximate surface area is 115 Å². The van der Waals surface area contributed by atoms with Crippen molar-refractivity contribution in [3.05, 3.63) is 63.6 Å². The molecule has 0 spiro atoms. The zero-order chi connectivity index (χ0) is 14.0. The van der Waals surface area contributed by atoms with Gasteiger partial charge in [-0.3, -0.25) is 0 Å². The maximum absolute atomic E-state index is 13.7. The lowest BCUT2D eigenvalue weighted by Gasteiger charge is -2.10. The second-order valence-corrected chi connectivity index (χ2v) is 4.63. The van der Waals surface area contributed by atoms with Crippen molar-refractivity contribution < 1.29 is 17.6 Å². The standard InChI is InChI=1S/C13H8BrF4N/c14-8-4-5-9(15)7(12(8)17)6-19-11-3-1-2-10(16)13(11)18/h1-5,19H,6H2. The van der Waals surface area contributed by atoms with Crippen molar-refractivity contribution in [1.82, 2.24) is 0 Å². The molecule has 2 aromatic carbocycles. The number of nitrogens with one attached hydrogen (secondary N) is 1. The molecule has 0 saturated heterocycles. The van der Waals surface area contributed by atoms with E-state index in [4.69, 9.17) is 0 Å². The number of hydrogen-bond donors (Lipinski definition) is 1. The van der Waals surface area contributed by atoms with Crippen molar-refractivity contribution in [3.8, 4) is 0 Å². The molecule has 0 atom stereocenters. The smallest absolute Gasteiger partial charge is 0.181 e. The van der Waals surface area contributed by atoms with Crippen LogP contribution < -0.4 is 5.32 Å². The molecule has 0 amide bonds. The van der Waals surface area contributed by atoms with Gasteiger partial charge in [-0.1, -0.05) is 6.07 Å². The molecule has 0 bridgehead atoms. The summed E-state index contributed by atoms with van der Waals surface area (Å²) in [4.78, 5) is 0. The molecule has 0 aliphatic carbocycles. The van der Waals surface area contributed by atoms with E-state index >= 15 is 0 Å². The molecule has 2 aromatic rings. The number of anilines is 1. The third-order valence-corrected chi connectivity index (χ3v) is 3.16. The van der Waals surface area contributed by atoms with Crippen molar-refractivity contribution in [1.29, 1.82) is 0 Å². The van der Waals surface area contributed by atoms with Crippen LogP contribution in [0.1, 0.15) is 5.56 Å². The molecule has 100 valence electrons. The van der Waals surface area contributed by atoms with Gasteiger partial charge in [-0.25, -0.2) is 17.6 Å². The minimum atomic E-state index is -1.08. The summed E-state index contributed by atoms with van der Waals surface area (Å²) in [6.45, 7) is -0.294. The molecule has 0 unspecified atom stereocenters. The van der Waals surface area contributed by atoms with Crippen LogP contribution in [0.4, 0.5) is 23.2 Å². The predicted molar refractivity (Wildman–Crippen MR) is 67.7 cm³/mol. The van der Waals surface area contributed by atoms with Gasteiger partial charge < -0.3 is 5.32 Å². The Kier molecular flexibility index (Phi) is 4.09. The maximum atomic E-state index is 13.7. The fourth-order valence-corrected chi connectivity index (χ4v) is 1.93. The van der Waals surface area contributed by atoms with Crippen molar-refractivity contribution in [2.75, 3.05) is 5.32 Å². The summed E-state index contributed by atoms with van der Waals surface area (Å²) in [6.07, 6.45) is 0. The van der Waals surface area contributed by atoms with E-state index in [9.17, 15) is 17.6 Å². The van der Waals surface area contributed by atoms with Crippen LogP contribution in [0.15, 0.2) is 34.8 Å². The lowest BCUT2D eigenvalue weighted by Crippen LogP contribution is -2.07. The first-order chi connectivity index (χ1) is 9.00. The molecule has 0 aliphatic rings. The van der Waals surface area contributed by atoms with Crippen LogP contribution >= 0.6 is 15.9 Å². The third kappa shape index (κ3) is 2.89. The van der Waals surface area contributed by atoms with Gasteiger partial charge in [0.1, 0.15) is 11.6 Å². The van der Waals surface area contributed by atoms with Crippen LogP contribution in [0, 0.1) is 23.3 Å². The van der Waals surface area contributed by atoms with E-state index in [1.165, 1.54) is 18.2 Å². The Morgan fingerprint density at radius 1 is 0.895 bits per heavy atom. The van der Waals surface area contributed by atoms with E-state index in [2.05, 4.69) is 21.2 Å². The van der Waals surface area contributed by atoms with Crippen LogP contribution in [-0.4, -0.2) is 0 Å². The molecule has 0 heterocycles. The van der Waals surface area contributed by atoms with Gasteiger partial charge in [0.25, 0.3) is 0 Å². The van der Waals surface area contributed by atoms with Crippen LogP contribution in [0.25, 0.3) is 0 Å². The number of rotatable bonds is 3. The molecule has 2 rings (SSSR count). The van der Waals surface area contributed by atoms with Gasteiger partial charge >= 0.3 is 0 Å². The van der Waals surface area contributed by atoms with Gasteiger partial charge in [-0.05, 0) is 40.2 Å². The van der Waals surface area contributed by atoms with Gasteiger partial charge in [-0.2, -0.15) is 0 Å². The predicted octanol–water partition coefficient (Wildman–Crippen LogP) is 4.62. The van der Waals surface area contributed by atoms with E-state index in [-0.39, 0.29) is 22.3 Å². The van der Waals surface area contributed by atoms with Gasteiger partial charge in [0.05, 0.1) is 10.2 Å². The molecule has 0 fully saturated rings. The zero-order valence-electron chi connectivity index (χ0n) is 9.48. The minimum absolute atomic E-state index is 0.102. The fourth-order valence-electron chi connectivity index (χ4n) is 1.56. The van der Waals surface area contributed by atoms with E-state index in [0.717, 1.165) is 12.1 Å². The molecule has 0 saturated carbocycles. The Hall–Kier alpha value is -1.56. The second-order valence-electron chi connectivity index (χ2n) is 3.78. The summed E-state index contributed by atoms with van der Waals surface area (Å²) in [5.74, 6) is -3.65. The van der Waals surface area contributed by atoms with E-state index in [1.54, 1.807) is 0 Å². The van der Waals surface area contributed by atoms with Gasteiger partial charge in [0, 0.05) is 12.1 Å². The topological polar surface area (TPSA) is 12.0 Å². The average Bonchev–Trinajstić information content (AvgIpc) is 2.39. The Morgan fingerprint density at radius 3 is 2.37 bits per heavy atom. The molecule has 1 nitrogen and oxygen atoms in total. The average molecular weight is 334 g/mol. The molecule has 1 N–H and O–H groups in total. The fraction of sp³-hybridized carbons (Fsp3) is 0.0769. The lowest BCUT2D eigenvalue weighted by atomic mass is 10.2. The summed E-state index contributed by atoms with van der Waals surface area (Å²) >= 11 is 2.93. The van der Waals surface area contributed by atoms with Gasteiger partial charge in [-0.15, -0.1) is 0 Å². The molecule has 0 aliphatic heterocycles. The number of benzene rings is 2. The molecule has 0 radical (unpaired) electrons. The van der Waals surface area contributed by atoms with Crippen molar-refractivity contribution >= 4 is 21.6 Å². The molecular weight excluding hydrogens is 326 g/mol. The van der Waals surface area contributed by atoms with Crippen LogP contribution in [0.3, 0.4) is 0 Å². The van der Waals surface area contributed by atoms with Crippen LogP contribution in [0.5, 0.6) is 0 Å². The second kappa shape index (κ2) is 5.61. The quantitative estimate of drug-likeness (QED) is 0.638.